The van der Waals surface area contributed by atoms with E-state index in [4.69, 9.17) is 20.2 Å². The van der Waals surface area contributed by atoms with E-state index in [1.54, 1.807) is 12.4 Å². The highest BCUT2D eigenvalue weighted by atomic mass is 79.9. The quantitative estimate of drug-likeness (QED) is 0.838. The van der Waals surface area contributed by atoms with Gasteiger partial charge in [-0.1, -0.05) is 0 Å². The summed E-state index contributed by atoms with van der Waals surface area (Å²) in [5.41, 5.74) is 6.98. The Morgan fingerprint density at radius 1 is 1.38 bits per heavy atom. The van der Waals surface area contributed by atoms with Gasteiger partial charge >= 0.3 is 0 Å². The lowest BCUT2D eigenvalue weighted by molar-refractivity contribution is 0.0980. The predicted molar refractivity (Wildman–Crippen MR) is 94.0 cm³/mol. The van der Waals surface area contributed by atoms with Crippen molar-refractivity contribution in [2.75, 3.05) is 37.0 Å². The minimum Gasteiger partial charge on any atom is -0.477 e. The Hall–Kier alpha value is -2.00. The molecule has 8 nitrogen and oxygen atoms in total. The highest BCUT2D eigenvalue weighted by molar-refractivity contribution is 9.10. The summed E-state index contributed by atoms with van der Waals surface area (Å²) >= 11 is 3.53. The van der Waals surface area contributed by atoms with Gasteiger partial charge in [0, 0.05) is 24.5 Å². The fraction of sp³-hybridized carbons (Fsp3) is 0.467. The molecule has 24 heavy (non-hydrogen) atoms. The molecular weight excluding hydrogens is 376 g/mol. The molecule has 0 bridgehead atoms. The fourth-order valence-electron chi connectivity index (χ4n) is 2.45. The van der Waals surface area contributed by atoms with Crippen LogP contribution in [-0.2, 0) is 4.74 Å². The molecule has 2 aromatic heterocycles. The van der Waals surface area contributed by atoms with Gasteiger partial charge in [0.1, 0.15) is 4.47 Å². The van der Waals surface area contributed by atoms with E-state index in [1.807, 2.05) is 6.92 Å². The molecule has 0 spiro atoms. The van der Waals surface area contributed by atoms with Crippen molar-refractivity contribution >= 4 is 27.8 Å². The van der Waals surface area contributed by atoms with Gasteiger partial charge in [0.15, 0.2) is 0 Å². The van der Waals surface area contributed by atoms with Crippen molar-refractivity contribution in [3.05, 3.63) is 16.9 Å². The first-order valence-corrected chi connectivity index (χ1v) is 8.52. The molecule has 128 valence electrons. The summed E-state index contributed by atoms with van der Waals surface area (Å²) in [7, 11) is 0. The molecule has 2 aromatic rings. The summed E-state index contributed by atoms with van der Waals surface area (Å²) < 4.78 is 11.8. The topological polar surface area (TPSA) is 99.3 Å². The Bertz CT molecular complexity index is 712. The Morgan fingerprint density at radius 3 is 2.79 bits per heavy atom. The second kappa shape index (κ2) is 7.27. The number of hydrogen-bond donors (Lipinski definition) is 1. The number of nitrogen functional groups attached to an aromatic ring is 1. The van der Waals surface area contributed by atoms with Crippen molar-refractivity contribution in [2.45, 2.75) is 19.9 Å². The number of hydrogen-bond acceptors (Lipinski definition) is 8. The highest BCUT2D eigenvalue weighted by Crippen LogP contribution is 2.35. The van der Waals surface area contributed by atoms with E-state index in [2.05, 4.69) is 42.7 Å². The minimum absolute atomic E-state index is 0.185. The number of nitrogens with zero attached hydrogens (tertiary/aromatic N) is 5. The highest BCUT2D eigenvalue weighted by Gasteiger charge is 2.24. The van der Waals surface area contributed by atoms with Crippen LogP contribution in [0.5, 0.6) is 5.88 Å². The van der Waals surface area contributed by atoms with Gasteiger partial charge in [-0.3, -0.25) is 0 Å². The smallest absolute Gasteiger partial charge is 0.233 e. The van der Waals surface area contributed by atoms with E-state index < -0.39 is 0 Å². The maximum Gasteiger partial charge on any atom is 0.233 e. The molecule has 0 saturated carbocycles. The van der Waals surface area contributed by atoms with Crippen molar-refractivity contribution in [2.24, 2.45) is 0 Å². The monoisotopic (exact) mass is 394 g/mol. The number of anilines is 2. The van der Waals surface area contributed by atoms with Gasteiger partial charge in [-0.15, -0.1) is 0 Å². The zero-order valence-electron chi connectivity index (χ0n) is 13.6. The molecule has 1 aliphatic heterocycles. The van der Waals surface area contributed by atoms with Gasteiger partial charge in [-0.25, -0.2) is 15.0 Å². The van der Waals surface area contributed by atoms with E-state index >= 15 is 0 Å². The Kier molecular flexibility index (Phi) is 5.10. The van der Waals surface area contributed by atoms with Crippen LogP contribution in [0.15, 0.2) is 16.9 Å². The van der Waals surface area contributed by atoms with Crippen molar-refractivity contribution in [3.8, 4) is 17.1 Å². The van der Waals surface area contributed by atoms with Crippen molar-refractivity contribution < 1.29 is 9.47 Å². The minimum atomic E-state index is 0.185. The summed E-state index contributed by atoms with van der Waals surface area (Å²) in [6, 6.07) is 0.185. The van der Waals surface area contributed by atoms with Crippen LogP contribution in [0.1, 0.15) is 13.8 Å². The second-order valence-corrected chi connectivity index (χ2v) is 6.16. The first-order valence-electron chi connectivity index (χ1n) is 7.72. The van der Waals surface area contributed by atoms with Gasteiger partial charge in [0.2, 0.25) is 17.8 Å². The zero-order valence-corrected chi connectivity index (χ0v) is 15.2. The molecular formula is C15H19BrN6O2. The van der Waals surface area contributed by atoms with Crippen LogP contribution in [0.4, 0.5) is 11.9 Å². The van der Waals surface area contributed by atoms with Gasteiger partial charge < -0.3 is 20.1 Å². The van der Waals surface area contributed by atoms with Gasteiger partial charge in [0.25, 0.3) is 0 Å². The predicted octanol–water partition coefficient (Wildman–Crippen LogP) is 1.90. The molecule has 0 aromatic carbocycles. The van der Waals surface area contributed by atoms with Crippen LogP contribution in [-0.4, -0.2) is 52.3 Å². The normalized spacial score (nSPS) is 17.8. The summed E-state index contributed by atoms with van der Waals surface area (Å²) in [6.45, 7) is 6.52. The molecule has 0 amide bonds. The number of rotatable bonds is 4. The van der Waals surface area contributed by atoms with Crippen molar-refractivity contribution in [3.63, 3.8) is 0 Å². The summed E-state index contributed by atoms with van der Waals surface area (Å²) in [4.78, 5) is 19.5. The van der Waals surface area contributed by atoms with Crippen LogP contribution < -0.4 is 15.4 Å². The molecule has 3 heterocycles. The number of morpholine rings is 1. The maximum atomic E-state index is 5.67. The van der Waals surface area contributed by atoms with E-state index in [1.165, 1.54) is 0 Å². The lowest BCUT2D eigenvalue weighted by atomic mass is 10.2. The first kappa shape index (κ1) is 16.8. The molecule has 1 aliphatic rings. The lowest BCUT2D eigenvalue weighted by Gasteiger charge is -2.33. The average molecular weight is 395 g/mol. The Labute approximate surface area is 148 Å². The number of ether oxygens (including phenoxy) is 2. The molecule has 0 unspecified atom stereocenters. The van der Waals surface area contributed by atoms with E-state index in [9.17, 15) is 0 Å². The van der Waals surface area contributed by atoms with E-state index in [0.29, 0.717) is 41.8 Å². The third-order valence-electron chi connectivity index (χ3n) is 3.66. The van der Waals surface area contributed by atoms with Crippen LogP contribution in [0.3, 0.4) is 0 Å². The van der Waals surface area contributed by atoms with E-state index in [-0.39, 0.29) is 12.0 Å². The molecule has 0 radical (unpaired) electrons. The molecule has 1 fully saturated rings. The van der Waals surface area contributed by atoms with Gasteiger partial charge in [-0.2, -0.15) is 4.98 Å². The number of nitrogens with two attached hydrogens (primary N) is 1. The molecule has 0 aliphatic carbocycles. The van der Waals surface area contributed by atoms with Crippen LogP contribution in [0.2, 0.25) is 0 Å². The second-order valence-electron chi connectivity index (χ2n) is 5.37. The Morgan fingerprint density at radius 2 is 2.12 bits per heavy atom. The zero-order chi connectivity index (χ0) is 17.1. The third-order valence-corrected chi connectivity index (χ3v) is 4.37. The molecule has 1 atom stereocenters. The summed E-state index contributed by atoms with van der Waals surface area (Å²) in [6.07, 6.45) is 3.27. The van der Waals surface area contributed by atoms with E-state index in [0.717, 1.165) is 12.1 Å². The van der Waals surface area contributed by atoms with Crippen molar-refractivity contribution in [1.29, 1.82) is 0 Å². The first-order chi connectivity index (χ1) is 11.6. The lowest BCUT2D eigenvalue weighted by Crippen LogP contribution is -2.44. The number of aromatic nitrogens is 4. The van der Waals surface area contributed by atoms with Crippen LogP contribution in [0.25, 0.3) is 11.3 Å². The van der Waals surface area contributed by atoms with Crippen LogP contribution in [0, 0.1) is 0 Å². The largest absolute Gasteiger partial charge is 0.477 e. The number of halogens is 1. The third kappa shape index (κ3) is 3.41. The van der Waals surface area contributed by atoms with Gasteiger partial charge in [-0.05, 0) is 29.8 Å². The van der Waals surface area contributed by atoms with Crippen LogP contribution >= 0.6 is 15.9 Å². The molecule has 1 saturated heterocycles. The van der Waals surface area contributed by atoms with Crippen molar-refractivity contribution in [1.82, 2.24) is 19.9 Å². The fourth-order valence-corrected chi connectivity index (χ4v) is 2.97. The van der Waals surface area contributed by atoms with Gasteiger partial charge in [0.05, 0.1) is 31.6 Å². The average Bonchev–Trinajstić information content (AvgIpc) is 2.58. The summed E-state index contributed by atoms with van der Waals surface area (Å²) in [5, 5.41) is 0. The summed E-state index contributed by atoms with van der Waals surface area (Å²) in [5.74, 6) is 1.31. The maximum absolute atomic E-state index is 5.67. The SMILES string of the molecule is CCOc1nc(N2CCOC[C@@H]2C)nc(-c2cnc(N)nc2)c1Br. The molecule has 9 heteroatoms. The standard InChI is InChI=1S/C15H19BrN6O2/c1-3-24-13-11(16)12(10-6-18-14(17)19-7-10)20-15(21-13)22-4-5-23-8-9(22)2/h6-7,9H,3-5,8H2,1-2H3,(H2,17,18,19)/t9-/m0/s1. The molecule has 3 rings (SSSR count). The Balaban J connectivity index is 2.08. The molecule has 2 N–H and O–H groups in total.